The highest BCUT2D eigenvalue weighted by Gasteiger charge is 2.18. The molecular weight excluding hydrogens is 354 g/mol. The Morgan fingerprint density at radius 3 is 2.36 bits per heavy atom. The molecule has 0 bridgehead atoms. The van der Waals surface area contributed by atoms with Gasteiger partial charge in [0.25, 0.3) is 5.91 Å². The normalized spacial score (nSPS) is 11.8. The Kier molecular flexibility index (Phi) is 8.66. The number of rotatable bonds is 11. The van der Waals surface area contributed by atoms with Crippen molar-refractivity contribution < 1.29 is 19.0 Å². The van der Waals surface area contributed by atoms with Gasteiger partial charge in [0.05, 0.1) is 13.2 Å². The van der Waals surface area contributed by atoms with Crippen LogP contribution in [0.3, 0.4) is 0 Å². The minimum absolute atomic E-state index is 0.0952. The summed E-state index contributed by atoms with van der Waals surface area (Å²) in [6.45, 7) is 6.57. The Morgan fingerprint density at radius 1 is 1.00 bits per heavy atom. The van der Waals surface area contributed by atoms with Crippen LogP contribution in [0.4, 0.5) is 0 Å². The highest BCUT2D eigenvalue weighted by atomic mass is 16.5. The molecule has 152 valence electrons. The number of nitrogens with one attached hydrogen (secondary N) is 1. The summed E-state index contributed by atoms with van der Waals surface area (Å²) in [7, 11) is 1.60. The number of aryl methyl sites for hydroxylation is 1. The second-order valence-electron chi connectivity index (χ2n) is 6.90. The Labute approximate surface area is 168 Å². The maximum absolute atomic E-state index is 12.4. The molecule has 0 fully saturated rings. The van der Waals surface area contributed by atoms with Gasteiger partial charge in [0.15, 0.2) is 6.10 Å². The molecular formula is C23H31NO4. The van der Waals surface area contributed by atoms with Crippen molar-refractivity contribution in [2.45, 2.75) is 52.2 Å². The quantitative estimate of drug-likeness (QED) is 0.583. The highest BCUT2D eigenvalue weighted by molar-refractivity contribution is 5.81. The van der Waals surface area contributed by atoms with E-state index < -0.39 is 6.10 Å². The van der Waals surface area contributed by atoms with Crippen LogP contribution in [0.2, 0.25) is 0 Å². The number of hydrogen-bond acceptors (Lipinski definition) is 4. The van der Waals surface area contributed by atoms with Gasteiger partial charge in [-0.05, 0) is 62.9 Å². The maximum Gasteiger partial charge on any atom is 0.261 e. The highest BCUT2D eigenvalue weighted by Crippen LogP contribution is 2.21. The summed E-state index contributed by atoms with van der Waals surface area (Å²) in [4.78, 5) is 12.4. The maximum atomic E-state index is 12.4. The zero-order valence-electron chi connectivity index (χ0n) is 17.2. The zero-order valence-corrected chi connectivity index (χ0v) is 17.2. The van der Waals surface area contributed by atoms with Gasteiger partial charge >= 0.3 is 0 Å². The lowest BCUT2D eigenvalue weighted by atomic mass is 10.1. The van der Waals surface area contributed by atoms with Crippen LogP contribution in [0.1, 0.15) is 39.2 Å². The Balaban J connectivity index is 1.79. The monoisotopic (exact) mass is 385 g/mol. The molecule has 0 saturated carbocycles. The van der Waals surface area contributed by atoms with Gasteiger partial charge in [0.1, 0.15) is 17.2 Å². The van der Waals surface area contributed by atoms with Crippen LogP contribution < -0.4 is 19.5 Å². The van der Waals surface area contributed by atoms with Crippen LogP contribution in [0.25, 0.3) is 0 Å². The molecule has 2 aromatic carbocycles. The summed E-state index contributed by atoms with van der Waals surface area (Å²) in [6.07, 6.45) is 1.97. The second-order valence-corrected chi connectivity index (χ2v) is 6.90. The molecule has 0 heterocycles. The van der Waals surface area contributed by atoms with Crippen molar-refractivity contribution in [2.75, 3.05) is 13.7 Å². The molecule has 0 aromatic heterocycles. The van der Waals surface area contributed by atoms with Gasteiger partial charge in [-0.25, -0.2) is 0 Å². The summed E-state index contributed by atoms with van der Waals surface area (Å²) >= 11 is 0. The fourth-order valence-corrected chi connectivity index (χ4v) is 2.83. The molecule has 5 nitrogen and oxygen atoms in total. The first-order valence-electron chi connectivity index (χ1n) is 9.85. The van der Waals surface area contributed by atoms with Gasteiger partial charge < -0.3 is 19.5 Å². The van der Waals surface area contributed by atoms with Crippen molar-refractivity contribution in [3.05, 3.63) is 54.1 Å². The third-order valence-corrected chi connectivity index (χ3v) is 4.19. The van der Waals surface area contributed by atoms with E-state index in [9.17, 15) is 4.79 Å². The predicted molar refractivity (Wildman–Crippen MR) is 111 cm³/mol. The third-order valence-electron chi connectivity index (χ3n) is 4.19. The molecule has 1 N–H and O–H groups in total. The van der Waals surface area contributed by atoms with Crippen LogP contribution in [0.15, 0.2) is 48.5 Å². The molecule has 2 aromatic rings. The van der Waals surface area contributed by atoms with Crippen molar-refractivity contribution in [1.29, 1.82) is 0 Å². The van der Waals surface area contributed by atoms with E-state index >= 15 is 0 Å². The Hall–Kier alpha value is -2.69. The molecule has 0 spiro atoms. The fraction of sp³-hybridized carbons (Fsp3) is 0.435. The van der Waals surface area contributed by atoms with E-state index in [1.54, 1.807) is 13.2 Å². The molecule has 0 aliphatic rings. The van der Waals surface area contributed by atoms with E-state index in [1.165, 1.54) is 5.56 Å². The summed E-state index contributed by atoms with van der Waals surface area (Å²) in [5.74, 6) is 2.12. The van der Waals surface area contributed by atoms with Crippen LogP contribution >= 0.6 is 0 Å². The van der Waals surface area contributed by atoms with E-state index in [0.717, 1.165) is 18.6 Å². The average Bonchev–Trinajstić information content (AvgIpc) is 2.69. The Bertz CT molecular complexity index is 745. The summed E-state index contributed by atoms with van der Waals surface area (Å²) in [6, 6.07) is 15.4. The van der Waals surface area contributed by atoms with Crippen molar-refractivity contribution in [3.8, 4) is 17.2 Å². The first-order chi connectivity index (χ1) is 13.5. The summed E-state index contributed by atoms with van der Waals surface area (Å²) in [5.41, 5.74) is 1.20. The number of amides is 1. The van der Waals surface area contributed by atoms with Gasteiger partial charge in [-0.2, -0.15) is 0 Å². The van der Waals surface area contributed by atoms with Crippen LogP contribution in [-0.2, 0) is 11.2 Å². The topological polar surface area (TPSA) is 56.8 Å². The molecule has 0 unspecified atom stereocenters. The smallest absolute Gasteiger partial charge is 0.261 e. The Morgan fingerprint density at radius 2 is 1.68 bits per heavy atom. The van der Waals surface area contributed by atoms with E-state index in [2.05, 4.69) is 17.4 Å². The van der Waals surface area contributed by atoms with Crippen molar-refractivity contribution >= 4 is 5.91 Å². The number of methoxy groups -OCH3 is 1. The molecule has 1 atom stereocenters. The third kappa shape index (κ3) is 7.14. The molecule has 0 aliphatic carbocycles. The van der Waals surface area contributed by atoms with Gasteiger partial charge in [-0.1, -0.05) is 25.1 Å². The van der Waals surface area contributed by atoms with E-state index in [4.69, 9.17) is 14.2 Å². The minimum atomic E-state index is -0.519. The standard InChI is InChI=1S/C23H31NO4/c1-5-22(28-21-13-7-11-19(16-21)26-4)23(25)24-14-8-10-18-9-6-12-20(15-18)27-17(2)3/h6-7,9,11-13,15-17,22H,5,8,10,14H2,1-4H3,(H,24,25)/t22-/m1/s1. The summed E-state index contributed by atoms with van der Waals surface area (Å²) in [5, 5.41) is 2.97. The number of benzene rings is 2. The predicted octanol–water partition coefficient (Wildman–Crippen LogP) is 4.39. The fourth-order valence-electron chi connectivity index (χ4n) is 2.83. The molecule has 28 heavy (non-hydrogen) atoms. The number of ether oxygens (including phenoxy) is 3. The van der Waals surface area contributed by atoms with Gasteiger partial charge in [0, 0.05) is 12.6 Å². The molecule has 0 aliphatic heterocycles. The molecule has 0 saturated heterocycles. The molecule has 0 radical (unpaired) electrons. The number of carbonyl (C=O) groups is 1. The van der Waals surface area contributed by atoms with Crippen molar-refractivity contribution in [1.82, 2.24) is 5.32 Å². The van der Waals surface area contributed by atoms with Gasteiger partial charge in [0.2, 0.25) is 0 Å². The number of carbonyl (C=O) groups excluding carboxylic acids is 1. The van der Waals surface area contributed by atoms with Crippen molar-refractivity contribution in [2.24, 2.45) is 0 Å². The lowest BCUT2D eigenvalue weighted by Gasteiger charge is -2.17. The van der Waals surface area contributed by atoms with Crippen molar-refractivity contribution in [3.63, 3.8) is 0 Å². The molecule has 5 heteroatoms. The first-order valence-corrected chi connectivity index (χ1v) is 9.85. The minimum Gasteiger partial charge on any atom is -0.497 e. The number of hydrogen-bond donors (Lipinski definition) is 1. The van der Waals surface area contributed by atoms with Crippen LogP contribution in [-0.4, -0.2) is 31.8 Å². The van der Waals surface area contributed by atoms with E-state index in [1.807, 2.05) is 51.1 Å². The van der Waals surface area contributed by atoms with E-state index in [0.29, 0.717) is 24.5 Å². The van der Waals surface area contributed by atoms with Gasteiger partial charge in [-0.15, -0.1) is 0 Å². The average molecular weight is 386 g/mol. The summed E-state index contributed by atoms with van der Waals surface area (Å²) < 4.78 is 16.7. The van der Waals surface area contributed by atoms with E-state index in [-0.39, 0.29) is 12.0 Å². The SMILES string of the molecule is CC[C@@H](Oc1cccc(OC)c1)C(=O)NCCCc1cccc(OC(C)C)c1. The van der Waals surface area contributed by atoms with Crippen LogP contribution in [0.5, 0.6) is 17.2 Å². The largest absolute Gasteiger partial charge is 0.497 e. The second kappa shape index (κ2) is 11.2. The lowest BCUT2D eigenvalue weighted by Crippen LogP contribution is -2.38. The van der Waals surface area contributed by atoms with Crippen LogP contribution in [0, 0.1) is 0 Å². The molecule has 2 rings (SSSR count). The zero-order chi connectivity index (χ0) is 20.4. The lowest BCUT2D eigenvalue weighted by molar-refractivity contribution is -0.128. The molecule has 1 amide bonds. The van der Waals surface area contributed by atoms with Gasteiger partial charge in [-0.3, -0.25) is 4.79 Å². The first kappa shape index (κ1) is 21.6.